The molecule has 1 heterocycles. The highest BCUT2D eigenvalue weighted by Gasteiger charge is 2.71. The Morgan fingerprint density at radius 3 is 2.10 bits per heavy atom. The molecule has 1 aromatic heterocycles. The van der Waals surface area contributed by atoms with Crippen molar-refractivity contribution < 1.29 is 41.0 Å². The highest BCUT2D eigenvalue weighted by atomic mass is 19.4. The van der Waals surface area contributed by atoms with Gasteiger partial charge in [0.2, 0.25) is 0 Å². The predicted molar refractivity (Wildman–Crippen MR) is 127 cm³/mol. The fourth-order valence-electron chi connectivity index (χ4n) is 3.96. The molecule has 0 radical (unpaired) electrons. The average molecular weight is 551 g/mol. The smallest absolute Gasteiger partial charge is 0.430 e. The van der Waals surface area contributed by atoms with Crippen LogP contribution >= 0.6 is 0 Å². The summed E-state index contributed by atoms with van der Waals surface area (Å²) in [5, 5.41) is 9.70. The zero-order valence-electron chi connectivity index (χ0n) is 19.8. The van der Waals surface area contributed by atoms with Crippen LogP contribution in [-0.2, 0) is 16.8 Å². The molecule has 0 bridgehead atoms. The van der Waals surface area contributed by atoms with Gasteiger partial charge in [-0.3, -0.25) is 14.2 Å². The molecule has 3 aromatic carbocycles. The molecule has 4 rings (SSSR count). The molecule has 0 aliphatic heterocycles. The van der Waals surface area contributed by atoms with Crippen LogP contribution in [0.2, 0.25) is 0 Å². The number of benzene rings is 3. The predicted octanol–water partition coefficient (Wildman–Crippen LogP) is 4.15. The van der Waals surface area contributed by atoms with Gasteiger partial charge in [-0.05, 0) is 35.9 Å². The maximum absolute atomic E-state index is 13.6. The van der Waals surface area contributed by atoms with E-state index in [0.717, 1.165) is 22.3 Å². The number of alkyl halides is 6. The zero-order valence-corrected chi connectivity index (χ0v) is 19.8. The molecule has 39 heavy (non-hydrogen) atoms. The molecule has 13 heteroatoms. The van der Waals surface area contributed by atoms with Crippen molar-refractivity contribution in [3.8, 4) is 11.4 Å². The first kappa shape index (κ1) is 27.6. The van der Waals surface area contributed by atoms with Crippen LogP contribution in [0.5, 0.6) is 5.75 Å². The highest BCUT2D eigenvalue weighted by Crippen LogP contribution is 2.50. The Morgan fingerprint density at radius 2 is 1.54 bits per heavy atom. The number of carbonyl (C=O) groups excluding carboxylic acids is 1. The summed E-state index contributed by atoms with van der Waals surface area (Å²) in [6.07, 6.45) is -12.0. The Kier molecular flexibility index (Phi) is 7.13. The van der Waals surface area contributed by atoms with E-state index in [-0.39, 0.29) is 34.6 Å². The van der Waals surface area contributed by atoms with Gasteiger partial charge in [0.1, 0.15) is 11.6 Å². The van der Waals surface area contributed by atoms with Crippen LogP contribution in [0.3, 0.4) is 0 Å². The fraction of sp³-hybridized carbons (Fsp3) is 0.192. The van der Waals surface area contributed by atoms with Gasteiger partial charge in [-0.25, -0.2) is 4.98 Å². The second kappa shape index (κ2) is 10.1. The Hall–Kier alpha value is -4.39. The fourth-order valence-corrected chi connectivity index (χ4v) is 3.96. The quantitative estimate of drug-likeness (QED) is 0.336. The van der Waals surface area contributed by atoms with Crippen molar-refractivity contribution in [3.63, 3.8) is 0 Å². The summed E-state index contributed by atoms with van der Waals surface area (Å²) in [4.78, 5) is 29.1. The second-order valence-corrected chi connectivity index (χ2v) is 8.52. The van der Waals surface area contributed by atoms with E-state index in [2.05, 4.69) is 4.98 Å². The minimum atomic E-state index is -6.06. The molecule has 0 spiro atoms. The van der Waals surface area contributed by atoms with Crippen molar-refractivity contribution in [2.24, 2.45) is 5.73 Å². The van der Waals surface area contributed by atoms with E-state index in [0.29, 0.717) is 12.1 Å². The second-order valence-electron chi connectivity index (χ2n) is 8.52. The number of hydrogen-bond donors (Lipinski definition) is 2. The monoisotopic (exact) mass is 551 g/mol. The van der Waals surface area contributed by atoms with Gasteiger partial charge in [-0.1, -0.05) is 42.5 Å². The molecule has 0 aliphatic carbocycles. The molecule has 0 unspecified atom stereocenters. The number of hydrogen-bond acceptors (Lipinski definition) is 5. The number of halogens is 6. The summed E-state index contributed by atoms with van der Waals surface area (Å²) >= 11 is 0. The van der Waals surface area contributed by atoms with E-state index in [1.807, 2.05) is 0 Å². The summed E-state index contributed by atoms with van der Waals surface area (Å²) in [6.45, 7) is -0.470. The minimum absolute atomic E-state index is 0.0000494. The van der Waals surface area contributed by atoms with Gasteiger partial charge in [-0.15, -0.1) is 0 Å². The van der Waals surface area contributed by atoms with Crippen LogP contribution in [-0.4, -0.2) is 39.5 Å². The van der Waals surface area contributed by atoms with E-state index >= 15 is 0 Å². The number of primary amides is 1. The summed E-state index contributed by atoms with van der Waals surface area (Å²) in [5.74, 6) is -0.515. The van der Waals surface area contributed by atoms with Gasteiger partial charge < -0.3 is 15.6 Å². The maximum atomic E-state index is 13.6. The van der Waals surface area contributed by atoms with Gasteiger partial charge in [0, 0.05) is 12.0 Å². The lowest BCUT2D eigenvalue weighted by Crippen LogP contribution is -2.53. The van der Waals surface area contributed by atoms with E-state index < -0.39 is 41.6 Å². The lowest BCUT2D eigenvalue weighted by molar-refractivity contribution is -0.376. The lowest BCUT2D eigenvalue weighted by atomic mass is 9.92. The molecule has 1 amide bonds. The van der Waals surface area contributed by atoms with Crippen LogP contribution in [0.15, 0.2) is 77.6 Å². The minimum Gasteiger partial charge on any atom is -0.484 e. The Morgan fingerprint density at radius 1 is 0.923 bits per heavy atom. The van der Waals surface area contributed by atoms with E-state index in [1.54, 1.807) is 30.3 Å². The molecule has 0 atom stereocenters. The summed E-state index contributed by atoms with van der Waals surface area (Å²) in [7, 11) is 0. The largest absolute Gasteiger partial charge is 0.484 e. The van der Waals surface area contributed by atoms with Gasteiger partial charge in [0.15, 0.2) is 6.61 Å². The van der Waals surface area contributed by atoms with E-state index in [1.165, 1.54) is 18.2 Å². The number of aliphatic hydroxyl groups is 1. The van der Waals surface area contributed by atoms with Crippen molar-refractivity contribution in [3.05, 3.63) is 100 Å². The standard InChI is InChI=1S/C26H19F6N3O4/c27-25(28,29)24(38,26(30,31)32)16-6-8-17(9-7-16)35-22(12-15-4-2-1-3-5-15)34-20-11-10-18(39-14-21(33)36)13-19(20)23(35)37/h1-11,13,38H,12,14H2,(H2,33,36). The third kappa shape index (κ3) is 5.30. The first-order valence-electron chi connectivity index (χ1n) is 11.2. The molecule has 0 saturated carbocycles. The number of fused-ring (bicyclic) bond motifs is 1. The topological polar surface area (TPSA) is 107 Å². The van der Waals surface area contributed by atoms with Crippen LogP contribution in [0.4, 0.5) is 26.3 Å². The van der Waals surface area contributed by atoms with Gasteiger partial charge >= 0.3 is 12.4 Å². The van der Waals surface area contributed by atoms with Crippen molar-refractivity contribution >= 4 is 16.8 Å². The molecule has 4 aromatic rings. The highest BCUT2D eigenvalue weighted by molar-refractivity contribution is 5.80. The molecule has 3 N–H and O–H groups in total. The summed E-state index contributed by atoms with van der Waals surface area (Å²) in [6, 6.07) is 15.6. The number of rotatable bonds is 7. The molecular formula is C26H19F6N3O4. The number of nitrogens with two attached hydrogens (primary N) is 1. The number of ether oxygens (including phenoxy) is 1. The van der Waals surface area contributed by atoms with E-state index in [9.17, 15) is 41.0 Å². The Labute approximate surface area is 216 Å². The number of carbonyl (C=O) groups is 1. The van der Waals surface area contributed by atoms with Gasteiger partial charge in [0.05, 0.1) is 16.6 Å². The van der Waals surface area contributed by atoms with Gasteiger partial charge in [0.25, 0.3) is 17.1 Å². The number of nitrogens with zero attached hydrogens (tertiary/aromatic N) is 2. The van der Waals surface area contributed by atoms with Gasteiger partial charge in [-0.2, -0.15) is 26.3 Å². The van der Waals surface area contributed by atoms with Crippen molar-refractivity contribution in [1.82, 2.24) is 9.55 Å². The molecule has 0 saturated heterocycles. The molecule has 204 valence electrons. The van der Waals surface area contributed by atoms with Crippen LogP contribution in [0, 0.1) is 0 Å². The Balaban J connectivity index is 1.89. The average Bonchev–Trinajstić information content (AvgIpc) is 2.87. The molecule has 7 nitrogen and oxygen atoms in total. The maximum Gasteiger partial charge on any atom is 0.430 e. The first-order chi connectivity index (χ1) is 18.2. The first-order valence-corrected chi connectivity index (χ1v) is 11.2. The normalized spacial score (nSPS) is 12.5. The van der Waals surface area contributed by atoms with Crippen molar-refractivity contribution in [1.29, 1.82) is 0 Å². The summed E-state index contributed by atoms with van der Waals surface area (Å²) < 4.78 is 86.2. The third-order valence-electron chi connectivity index (χ3n) is 5.86. The van der Waals surface area contributed by atoms with Crippen LogP contribution < -0.4 is 16.0 Å². The number of aromatic nitrogens is 2. The molecular weight excluding hydrogens is 532 g/mol. The van der Waals surface area contributed by atoms with Crippen molar-refractivity contribution in [2.45, 2.75) is 24.4 Å². The van der Waals surface area contributed by atoms with Crippen LogP contribution in [0.25, 0.3) is 16.6 Å². The van der Waals surface area contributed by atoms with Crippen molar-refractivity contribution in [2.75, 3.05) is 6.61 Å². The summed E-state index contributed by atoms with van der Waals surface area (Å²) in [5.41, 5.74) is -1.37. The lowest BCUT2D eigenvalue weighted by Gasteiger charge is -2.32. The SMILES string of the molecule is NC(=O)COc1ccc2nc(Cc3ccccc3)n(-c3ccc(C(O)(C(F)(F)F)C(F)(F)F)cc3)c(=O)c2c1. The number of amides is 1. The third-order valence-corrected chi connectivity index (χ3v) is 5.86. The molecule has 0 fully saturated rings. The Bertz CT molecular complexity index is 1550. The zero-order chi connectivity index (χ0) is 28.6. The molecule has 0 aliphatic rings. The van der Waals surface area contributed by atoms with Crippen LogP contribution in [0.1, 0.15) is 17.0 Å². The van der Waals surface area contributed by atoms with E-state index in [4.69, 9.17) is 10.5 Å².